The molecule has 4 N–H and O–H groups in total. The summed E-state index contributed by atoms with van der Waals surface area (Å²) in [5.74, 6) is 1.38. The molecule has 0 amide bonds. The lowest BCUT2D eigenvalue weighted by atomic mass is 9.95. The Hall–Kier alpha value is -2.72. The Kier molecular flexibility index (Phi) is 7.36. The molecular weight excluding hydrogens is 382 g/mol. The van der Waals surface area contributed by atoms with Crippen LogP contribution in [0.5, 0.6) is 0 Å². The largest absolute Gasteiger partial charge is 0.383 e. The number of hydrogen-bond acceptors (Lipinski definition) is 5. The van der Waals surface area contributed by atoms with Crippen LogP contribution in [0, 0.1) is 11.3 Å². The molecule has 0 bridgehead atoms. The zero-order chi connectivity index (χ0) is 20.6. The van der Waals surface area contributed by atoms with Gasteiger partial charge in [0.15, 0.2) is 0 Å². The summed E-state index contributed by atoms with van der Waals surface area (Å²) in [6, 6.07) is 10.2. The third-order valence-corrected chi connectivity index (χ3v) is 6.22. The lowest BCUT2D eigenvalue weighted by molar-refractivity contribution is 0.462. The number of aliphatic imine (C=N–C) groups is 1. The summed E-state index contributed by atoms with van der Waals surface area (Å²) in [7, 11) is 0. The maximum Gasteiger partial charge on any atom is 0.261 e. The molecule has 2 aliphatic rings. The molecule has 0 radical (unpaired) electrons. The number of thioether (sulfide) groups is 1. The molecule has 1 aromatic carbocycles. The van der Waals surface area contributed by atoms with Crippen molar-refractivity contribution in [2.24, 2.45) is 10.7 Å². The number of pyridine rings is 1. The fraction of sp³-hybridized carbons (Fsp3) is 0.409. The second-order valence-electron chi connectivity index (χ2n) is 7.19. The van der Waals surface area contributed by atoms with Crippen molar-refractivity contribution in [1.29, 1.82) is 5.26 Å². The minimum Gasteiger partial charge on any atom is -0.383 e. The molecule has 29 heavy (non-hydrogen) atoms. The number of nitrogens with one attached hydrogen (secondary N) is 2. The number of amidine groups is 1. The van der Waals surface area contributed by atoms with Crippen LogP contribution in [0.1, 0.15) is 50.2 Å². The van der Waals surface area contributed by atoms with Gasteiger partial charge in [0.25, 0.3) is 5.56 Å². The number of aromatic nitrogens is 1. The zero-order valence-corrected chi connectivity index (χ0v) is 17.5. The molecule has 0 spiro atoms. The van der Waals surface area contributed by atoms with Gasteiger partial charge in [0.05, 0.1) is 17.4 Å². The molecular formula is C22H27N5OS. The van der Waals surface area contributed by atoms with Gasteiger partial charge in [-0.05, 0) is 49.1 Å². The molecule has 2 aromatic rings. The quantitative estimate of drug-likeness (QED) is 0.514. The molecule has 1 saturated carbocycles. The molecule has 7 heteroatoms. The van der Waals surface area contributed by atoms with Crippen LogP contribution in [-0.2, 0) is 6.42 Å². The summed E-state index contributed by atoms with van der Waals surface area (Å²) < 4.78 is 0. The molecule has 1 aliphatic carbocycles. The van der Waals surface area contributed by atoms with Gasteiger partial charge < -0.3 is 16.0 Å². The minimum atomic E-state index is -0.205. The summed E-state index contributed by atoms with van der Waals surface area (Å²) in [6.45, 7) is 1.43. The highest BCUT2D eigenvalue weighted by Crippen LogP contribution is 2.33. The summed E-state index contributed by atoms with van der Waals surface area (Å²) in [5.41, 5.74) is 9.39. The lowest BCUT2D eigenvalue weighted by Crippen LogP contribution is -2.29. The molecule has 2 heterocycles. The summed E-state index contributed by atoms with van der Waals surface area (Å²) in [5, 5.41) is 10.8. The first kappa shape index (κ1) is 21.0. The van der Waals surface area contributed by atoms with E-state index < -0.39 is 0 Å². The molecule has 1 aromatic heterocycles. The van der Waals surface area contributed by atoms with Crippen molar-refractivity contribution < 1.29 is 0 Å². The smallest absolute Gasteiger partial charge is 0.261 e. The van der Waals surface area contributed by atoms with Gasteiger partial charge in [0, 0.05) is 29.8 Å². The Bertz CT molecular complexity index is 970. The maximum atomic E-state index is 12.4. The van der Waals surface area contributed by atoms with Crippen LogP contribution >= 0.6 is 11.8 Å². The molecule has 6 nitrogen and oxygen atoms in total. The third-order valence-electron chi connectivity index (χ3n) is 5.10. The second kappa shape index (κ2) is 10.2. The molecule has 1 aliphatic heterocycles. The Morgan fingerprint density at radius 2 is 2.07 bits per heavy atom. The van der Waals surface area contributed by atoms with E-state index in [2.05, 4.69) is 27.4 Å². The Morgan fingerprint density at radius 1 is 1.31 bits per heavy atom. The highest BCUT2D eigenvalue weighted by atomic mass is 32.2. The number of hydrogen-bond donors (Lipinski definition) is 3. The number of benzene rings is 1. The van der Waals surface area contributed by atoms with Crippen LogP contribution in [0.2, 0.25) is 0 Å². The van der Waals surface area contributed by atoms with Gasteiger partial charge >= 0.3 is 0 Å². The van der Waals surface area contributed by atoms with Crippen molar-refractivity contribution in [2.75, 3.05) is 11.1 Å². The van der Waals surface area contributed by atoms with E-state index in [1.807, 2.05) is 23.9 Å². The average Bonchev–Trinajstić information content (AvgIpc) is 3.17. The van der Waals surface area contributed by atoms with E-state index >= 15 is 0 Å². The van der Waals surface area contributed by atoms with Crippen LogP contribution in [0.15, 0.2) is 45.1 Å². The highest BCUT2D eigenvalue weighted by Gasteiger charge is 2.18. The van der Waals surface area contributed by atoms with Crippen molar-refractivity contribution in [3.05, 3.63) is 51.9 Å². The number of nitriles is 1. The highest BCUT2D eigenvalue weighted by molar-refractivity contribution is 7.99. The van der Waals surface area contributed by atoms with E-state index in [9.17, 15) is 4.79 Å². The number of aryl methyl sites for hydroxylation is 1. The normalized spacial score (nSPS) is 16.3. The number of nitrogens with two attached hydrogens (primary N) is 1. The van der Waals surface area contributed by atoms with E-state index in [0.29, 0.717) is 11.6 Å². The van der Waals surface area contributed by atoms with E-state index in [4.69, 9.17) is 11.0 Å². The van der Waals surface area contributed by atoms with E-state index in [1.165, 1.54) is 36.6 Å². The van der Waals surface area contributed by atoms with E-state index in [1.54, 1.807) is 12.3 Å². The second-order valence-corrected chi connectivity index (χ2v) is 8.32. The third kappa shape index (κ3) is 5.42. The van der Waals surface area contributed by atoms with Crippen molar-refractivity contribution in [3.8, 4) is 6.07 Å². The van der Waals surface area contributed by atoms with Crippen LogP contribution in [-0.4, -0.2) is 22.6 Å². The first-order chi connectivity index (χ1) is 14.1. The predicted molar refractivity (Wildman–Crippen MR) is 120 cm³/mol. The number of anilines is 1. The van der Waals surface area contributed by atoms with Crippen molar-refractivity contribution in [3.63, 3.8) is 0 Å². The van der Waals surface area contributed by atoms with Crippen LogP contribution in [0.4, 0.5) is 11.4 Å². The van der Waals surface area contributed by atoms with Gasteiger partial charge in [-0.15, -0.1) is 11.8 Å². The van der Waals surface area contributed by atoms with Crippen LogP contribution in [0.25, 0.3) is 0 Å². The van der Waals surface area contributed by atoms with Crippen molar-refractivity contribution in [2.45, 2.75) is 56.4 Å². The van der Waals surface area contributed by atoms with E-state index in [-0.39, 0.29) is 11.4 Å². The van der Waals surface area contributed by atoms with Crippen molar-refractivity contribution >= 4 is 29.0 Å². The average molecular weight is 410 g/mol. The Morgan fingerprint density at radius 3 is 2.83 bits per heavy atom. The maximum absolute atomic E-state index is 12.4. The molecule has 0 saturated heterocycles. The number of fused-ring (bicyclic) bond motifs is 1. The molecule has 0 unspecified atom stereocenters. The summed E-state index contributed by atoms with van der Waals surface area (Å²) >= 11 is 1.87. The first-order valence-electron chi connectivity index (χ1n) is 10.0. The number of aromatic amines is 1. The van der Waals surface area contributed by atoms with Gasteiger partial charge in [0.1, 0.15) is 11.4 Å². The predicted octanol–water partition coefficient (Wildman–Crippen LogP) is 4.33. The fourth-order valence-corrected chi connectivity index (χ4v) is 4.81. The van der Waals surface area contributed by atoms with Gasteiger partial charge in [-0.2, -0.15) is 5.26 Å². The standard InChI is InChI=1S/C20H24N4OS.C2H3N/c21-19(24-15-6-7-17-13(12-15)9-11-26-17)18-16(8-10-22-20(18)25)23-14-4-2-1-3-5-14;1-2-3/h6-8,10,12,14H,1-5,9,11H2,(H2,21,24)(H2,22,23,25);1H3. The van der Waals surface area contributed by atoms with Gasteiger partial charge in [-0.1, -0.05) is 19.3 Å². The van der Waals surface area contributed by atoms with Crippen LogP contribution in [0.3, 0.4) is 0 Å². The number of H-pyrrole nitrogens is 1. The zero-order valence-electron chi connectivity index (χ0n) is 16.7. The van der Waals surface area contributed by atoms with Crippen LogP contribution < -0.4 is 16.6 Å². The fourth-order valence-electron chi connectivity index (χ4n) is 3.76. The van der Waals surface area contributed by atoms with Gasteiger partial charge in [-0.25, -0.2) is 4.99 Å². The first-order valence-corrected chi connectivity index (χ1v) is 11.0. The monoisotopic (exact) mass is 409 g/mol. The number of nitrogens with zero attached hydrogens (tertiary/aromatic N) is 2. The number of rotatable bonds is 4. The molecule has 4 rings (SSSR count). The summed E-state index contributed by atoms with van der Waals surface area (Å²) in [4.78, 5) is 21.0. The minimum absolute atomic E-state index is 0.205. The topological polar surface area (TPSA) is 107 Å². The molecule has 1 fully saturated rings. The van der Waals surface area contributed by atoms with E-state index in [0.717, 1.165) is 36.4 Å². The van der Waals surface area contributed by atoms with Gasteiger partial charge in [0.2, 0.25) is 0 Å². The van der Waals surface area contributed by atoms with Gasteiger partial charge in [-0.3, -0.25) is 4.79 Å². The van der Waals surface area contributed by atoms with Crippen molar-refractivity contribution in [1.82, 2.24) is 4.98 Å². The Labute approximate surface area is 175 Å². The molecule has 152 valence electrons. The lowest BCUT2D eigenvalue weighted by Gasteiger charge is -2.24. The Balaban J connectivity index is 0.000000755. The summed E-state index contributed by atoms with van der Waals surface area (Å²) in [6.07, 6.45) is 8.73. The molecule has 0 atom stereocenters. The SMILES string of the molecule is CC#N.NC(=Nc1ccc2c(c1)CCS2)c1c(NC2CCCCC2)cc[nH]c1=O.